The van der Waals surface area contributed by atoms with Crippen molar-refractivity contribution in [1.82, 2.24) is 0 Å². The van der Waals surface area contributed by atoms with Gasteiger partial charge >= 0.3 is 0 Å². The molecule has 1 saturated heterocycles. The molecule has 0 aliphatic carbocycles. The van der Waals surface area contributed by atoms with Crippen LogP contribution in [0.2, 0.25) is 0 Å². The molecule has 2 aromatic rings. The third kappa shape index (κ3) is 1.55. The molecule has 1 aliphatic heterocycles. The Morgan fingerprint density at radius 1 is 1.40 bits per heavy atom. The Balaban J connectivity index is 2.22. The zero-order valence-electron chi connectivity index (χ0n) is 10.8. The number of epoxide rings is 1. The molecule has 2 N–H and O–H groups in total. The molecule has 0 bridgehead atoms. The Morgan fingerprint density at radius 2 is 2.15 bits per heavy atom. The van der Waals surface area contributed by atoms with Crippen LogP contribution in [0.15, 0.2) is 36.4 Å². The summed E-state index contributed by atoms with van der Waals surface area (Å²) in [6.07, 6.45) is -0.689. The molecule has 0 spiro atoms. The zero-order valence-corrected chi connectivity index (χ0v) is 10.8. The fraction of sp³-hybridized carbons (Fsp3) is 0.200. The maximum atomic E-state index is 11.5. The van der Waals surface area contributed by atoms with E-state index in [1.165, 1.54) is 7.11 Å². The minimum Gasteiger partial charge on any atom is -0.496 e. The van der Waals surface area contributed by atoms with Crippen molar-refractivity contribution in [1.29, 1.82) is 5.26 Å². The van der Waals surface area contributed by atoms with E-state index in [1.54, 1.807) is 6.07 Å². The predicted molar refractivity (Wildman–Crippen MR) is 71.9 cm³/mol. The summed E-state index contributed by atoms with van der Waals surface area (Å²) in [5, 5.41) is 11.0. The van der Waals surface area contributed by atoms with Crippen molar-refractivity contribution < 1.29 is 14.3 Å². The summed E-state index contributed by atoms with van der Waals surface area (Å²) < 4.78 is 10.7. The molecule has 1 aliphatic rings. The first-order valence-electron chi connectivity index (χ1n) is 6.08. The number of nitrogens with two attached hydrogens (primary N) is 1. The Bertz CT molecular complexity index is 750. The Hall–Kier alpha value is -2.58. The number of fused-ring (bicyclic) bond motifs is 1. The van der Waals surface area contributed by atoms with Gasteiger partial charge in [0.15, 0.2) is 0 Å². The first-order chi connectivity index (χ1) is 9.64. The van der Waals surface area contributed by atoms with E-state index in [9.17, 15) is 10.1 Å². The molecule has 5 nitrogen and oxygen atoms in total. The van der Waals surface area contributed by atoms with E-state index in [-0.39, 0.29) is 0 Å². The Kier molecular flexibility index (Phi) is 2.63. The van der Waals surface area contributed by atoms with E-state index in [0.717, 1.165) is 10.8 Å². The van der Waals surface area contributed by atoms with Crippen LogP contribution in [0.4, 0.5) is 0 Å². The summed E-state index contributed by atoms with van der Waals surface area (Å²) in [6, 6.07) is 13.2. The van der Waals surface area contributed by atoms with Crippen LogP contribution in [0.5, 0.6) is 5.75 Å². The van der Waals surface area contributed by atoms with Crippen molar-refractivity contribution >= 4 is 16.7 Å². The first kappa shape index (κ1) is 12.5. The lowest BCUT2D eigenvalue weighted by Gasteiger charge is -2.10. The van der Waals surface area contributed by atoms with Gasteiger partial charge in [-0.3, -0.25) is 4.79 Å². The van der Waals surface area contributed by atoms with Crippen molar-refractivity contribution in [2.24, 2.45) is 5.73 Å². The van der Waals surface area contributed by atoms with E-state index in [4.69, 9.17) is 15.2 Å². The molecular formula is C15H12N2O3. The van der Waals surface area contributed by atoms with Crippen molar-refractivity contribution in [3.63, 3.8) is 0 Å². The molecule has 0 radical (unpaired) electrons. The lowest BCUT2D eigenvalue weighted by molar-refractivity contribution is -0.121. The van der Waals surface area contributed by atoms with E-state index in [2.05, 4.69) is 0 Å². The summed E-state index contributed by atoms with van der Waals surface area (Å²) in [4.78, 5) is 11.5. The fourth-order valence-corrected chi connectivity index (χ4v) is 2.47. The summed E-state index contributed by atoms with van der Waals surface area (Å²) in [6.45, 7) is 0. The van der Waals surface area contributed by atoms with Crippen LogP contribution in [0.1, 0.15) is 11.7 Å². The highest BCUT2D eigenvalue weighted by atomic mass is 16.6. The zero-order chi connectivity index (χ0) is 14.3. The molecule has 1 amide bonds. The monoisotopic (exact) mass is 268 g/mol. The summed E-state index contributed by atoms with van der Waals surface area (Å²) in [5.41, 5.74) is 4.38. The molecule has 0 aromatic heterocycles. The number of nitrogens with zero attached hydrogens (tertiary/aromatic N) is 1. The van der Waals surface area contributed by atoms with E-state index >= 15 is 0 Å². The number of hydrogen-bond donors (Lipinski definition) is 1. The van der Waals surface area contributed by atoms with Crippen molar-refractivity contribution in [2.45, 2.75) is 11.7 Å². The number of carbonyl (C=O) groups excluding carboxylic acids is 1. The van der Waals surface area contributed by atoms with Gasteiger partial charge in [0.05, 0.1) is 7.11 Å². The number of nitriles is 1. The van der Waals surface area contributed by atoms with Crippen molar-refractivity contribution in [2.75, 3.05) is 7.11 Å². The van der Waals surface area contributed by atoms with Gasteiger partial charge in [0.2, 0.25) is 0 Å². The molecule has 0 saturated carbocycles. The number of rotatable bonds is 3. The molecule has 2 atom stereocenters. The minimum atomic E-state index is -1.59. The summed E-state index contributed by atoms with van der Waals surface area (Å²) >= 11 is 0. The number of amides is 1. The average Bonchev–Trinajstić information content (AvgIpc) is 3.21. The quantitative estimate of drug-likeness (QED) is 0.857. The van der Waals surface area contributed by atoms with Crippen LogP contribution in [0, 0.1) is 11.3 Å². The average molecular weight is 268 g/mol. The van der Waals surface area contributed by atoms with Gasteiger partial charge in [0, 0.05) is 5.56 Å². The summed E-state index contributed by atoms with van der Waals surface area (Å²) in [7, 11) is 1.54. The number of ether oxygens (including phenoxy) is 2. The smallest absolute Gasteiger partial charge is 0.267 e. The van der Waals surface area contributed by atoms with E-state index in [1.807, 2.05) is 36.4 Å². The van der Waals surface area contributed by atoms with Gasteiger partial charge in [-0.15, -0.1) is 0 Å². The van der Waals surface area contributed by atoms with Crippen LogP contribution in [0.3, 0.4) is 0 Å². The molecule has 5 heteroatoms. The largest absolute Gasteiger partial charge is 0.496 e. The Morgan fingerprint density at radius 3 is 2.75 bits per heavy atom. The first-order valence-corrected chi connectivity index (χ1v) is 6.08. The fourth-order valence-electron chi connectivity index (χ4n) is 2.47. The van der Waals surface area contributed by atoms with Crippen LogP contribution >= 0.6 is 0 Å². The number of carbonyl (C=O) groups is 1. The van der Waals surface area contributed by atoms with Gasteiger partial charge in [-0.05, 0) is 16.8 Å². The van der Waals surface area contributed by atoms with Gasteiger partial charge in [-0.25, -0.2) is 0 Å². The molecule has 100 valence electrons. The predicted octanol–water partition coefficient (Wildman–Crippen LogP) is 1.67. The van der Waals surface area contributed by atoms with Crippen LogP contribution in [-0.2, 0) is 9.53 Å². The third-order valence-electron chi connectivity index (χ3n) is 3.56. The molecular weight excluding hydrogens is 256 g/mol. The topological polar surface area (TPSA) is 88.6 Å². The molecule has 2 aromatic carbocycles. The van der Waals surface area contributed by atoms with Gasteiger partial charge in [0.1, 0.15) is 17.9 Å². The van der Waals surface area contributed by atoms with Crippen LogP contribution in [-0.4, -0.2) is 18.6 Å². The normalized spacial score (nSPS) is 24.1. The molecule has 1 heterocycles. The number of benzene rings is 2. The van der Waals surface area contributed by atoms with Gasteiger partial charge in [-0.2, -0.15) is 5.26 Å². The van der Waals surface area contributed by atoms with E-state index < -0.39 is 17.6 Å². The number of primary amides is 1. The second-order valence-corrected chi connectivity index (χ2v) is 4.61. The number of methoxy groups -OCH3 is 1. The standard InChI is InChI=1S/C15H12N2O3/c1-19-11-7-6-9-4-2-3-5-10(9)12(11)13-15(8-16,20-13)14(17)18/h2-7,13H,1H3,(H2,17,18). The van der Waals surface area contributed by atoms with Gasteiger partial charge in [-0.1, -0.05) is 30.3 Å². The molecule has 20 heavy (non-hydrogen) atoms. The Labute approximate surface area is 115 Å². The SMILES string of the molecule is COc1ccc2ccccc2c1C1OC1(C#N)C(N)=O. The second kappa shape index (κ2) is 4.22. The third-order valence-corrected chi connectivity index (χ3v) is 3.56. The van der Waals surface area contributed by atoms with Gasteiger partial charge in [0.25, 0.3) is 11.5 Å². The van der Waals surface area contributed by atoms with E-state index in [0.29, 0.717) is 11.3 Å². The van der Waals surface area contributed by atoms with Crippen LogP contribution < -0.4 is 10.5 Å². The maximum Gasteiger partial charge on any atom is 0.267 e. The number of hydrogen-bond acceptors (Lipinski definition) is 4. The van der Waals surface area contributed by atoms with Gasteiger partial charge < -0.3 is 15.2 Å². The highest BCUT2D eigenvalue weighted by Gasteiger charge is 2.64. The second-order valence-electron chi connectivity index (χ2n) is 4.61. The van der Waals surface area contributed by atoms with Crippen molar-refractivity contribution in [3.05, 3.63) is 42.0 Å². The lowest BCUT2D eigenvalue weighted by Crippen LogP contribution is -2.31. The summed E-state index contributed by atoms with van der Waals surface area (Å²) in [5.74, 6) is -0.202. The highest BCUT2D eigenvalue weighted by molar-refractivity contribution is 5.95. The maximum absolute atomic E-state index is 11.5. The van der Waals surface area contributed by atoms with Crippen LogP contribution in [0.25, 0.3) is 10.8 Å². The molecule has 3 rings (SSSR count). The van der Waals surface area contributed by atoms with Crippen molar-refractivity contribution in [3.8, 4) is 11.8 Å². The molecule has 2 unspecified atom stereocenters. The molecule has 1 fully saturated rings. The lowest BCUT2D eigenvalue weighted by atomic mass is 9.94. The highest BCUT2D eigenvalue weighted by Crippen LogP contribution is 2.53. The minimum absolute atomic E-state index is 0.576.